The third-order valence-electron chi connectivity index (χ3n) is 1.52. The molecular weight excluding hydrogens is 166 g/mol. The zero-order valence-electron chi connectivity index (χ0n) is 6.22. The van der Waals surface area contributed by atoms with Gasteiger partial charge in [-0.1, -0.05) is 6.07 Å². The topological polar surface area (TPSA) is 40.5 Å². The van der Waals surface area contributed by atoms with Crippen molar-refractivity contribution in [2.24, 2.45) is 0 Å². The van der Waals surface area contributed by atoms with Gasteiger partial charge in [0.1, 0.15) is 0 Å². The Morgan fingerprint density at radius 2 is 1.83 bits per heavy atom. The lowest BCUT2D eigenvalue weighted by atomic mass is 10.1. The standard InChI is InChI=1S/C8H8F2O2/c9-7-5(3-4-11)1-2-6(12)8(7)10/h1-2,11-12H,3-4H2. The second-order valence-corrected chi connectivity index (χ2v) is 2.35. The summed E-state index contributed by atoms with van der Waals surface area (Å²) in [5.74, 6) is -3.07. The number of phenols is 1. The zero-order chi connectivity index (χ0) is 9.14. The van der Waals surface area contributed by atoms with E-state index in [1.165, 1.54) is 6.07 Å². The lowest BCUT2D eigenvalue weighted by Crippen LogP contribution is -1.97. The maximum Gasteiger partial charge on any atom is 0.200 e. The van der Waals surface area contributed by atoms with E-state index >= 15 is 0 Å². The summed E-state index contributed by atoms with van der Waals surface area (Å²) < 4.78 is 25.4. The van der Waals surface area contributed by atoms with Gasteiger partial charge in [-0.05, 0) is 18.1 Å². The number of hydrogen-bond donors (Lipinski definition) is 2. The highest BCUT2D eigenvalue weighted by molar-refractivity contribution is 5.29. The van der Waals surface area contributed by atoms with Crippen LogP contribution < -0.4 is 0 Å². The van der Waals surface area contributed by atoms with E-state index in [-0.39, 0.29) is 18.6 Å². The van der Waals surface area contributed by atoms with Gasteiger partial charge in [0.15, 0.2) is 11.6 Å². The van der Waals surface area contributed by atoms with Crippen LogP contribution in [-0.2, 0) is 6.42 Å². The van der Waals surface area contributed by atoms with Gasteiger partial charge >= 0.3 is 0 Å². The smallest absolute Gasteiger partial charge is 0.200 e. The molecule has 4 heteroatoms. The molecule has 0 unspecified atom stereocenters. The summed E-state index contributed by atoms with van der Waals surface area (Å²) in [6.07, 6.45) is 0.0447. The van der Waals surface area contributed by atoms with Crippen LogP contribution in [0.5, 0.6) is 5.75 Å². The van der Waals surface area contributed by atoms with Gasteiger partial charge in [-0.15, -0.1) is 0 Å². The van der Waals surface area contributed by atoms with Crippen molar-refractivity contribution in [3.63, 3.8) is 0 Å². The number of rotatable bonds is 2. The van der Waals surface area contributed by atoms with Gasteiger partial charge in [0, 0.05) is 6.61 Å². The first-order valence-electron chi connectivity index (χ1n) is 3.43. The van der Waals surface area contributed by atoms with Crippen molar-refractivity contribution >= 4 is 0 Å². The molecule has 0 saturated carbocycles. The number of benzene rings is 1. The molecule has 2 N–H and O–H groups in total. The lowest BCUT2D eigenvalue weighted by molar-refractivity contribution is 0.296. The van der Waals surface area contributed by atoms with Crippen molar-refractivity contribution in [2.75, 3.05) is 6.61 Å². The Bertz CT molecular complexity index is 287. The van der Waals surface area contributed by atoms with Crippen LogP contribution in [0.25, 0.3) is 0 Å². The van der Waals surface area contributed by atoms with Crippen LogP contribution in [0.15, 0.2) is 12.1 Å². The van der Waals surface area contributed by atoms with Crippen molar-refractivity contribution in [1.82, 2.24) is 0 Å². The SMILES string of the molecule is OCCc1ccc(O)c(F)c1F. The molecule has 66 valence electrons. The summed E-state index contributed by atoms with van der Waals surface area (Å²) in [6, 6.07) is 2.30. The molecule has 1 aromatic carbocycles. The molecule has 1 aromatic rings. The fraction of sp³-hybridized carbons (Fsp3) is 0.250. The molecule has 0 radical (unpaired) electrons. The highest BCUT2D eigenvalue weighted by Crippen LogP contribution is 2.21. The number of phenolic OH excluding ortho intramolecular Hbond substituents is 1. The summed E-state index contributed by atoms with van der Waals surface area (Å²) in [4.78, 5) is 0. The lowest BCUT2D eigenvalue weighted by Gasteiger charge is -2.02. The average molecular weight is 174 g/mol. The minimum absolute atomic E-state index is 0.0447. The van der Waals surface area contributed by atoms with Crippen molar-refractivity contribution in [3.05, 3.63) is 29.3 Å². The highest BCUT2D eigenvalue weighted by Gasteiger charge is 2.11. The van der Waals surface area contributed by atoms with E-state index in [1.807, 2.05) is 0 Å². The highest BCUT2D eigenvalue weighted by atomic mass is 19.2. The van der Waals surface area contributed by atoms with Gasteiger partial charge in [0.25, 0.3) is 0 Å². The summed E-state index contributed by atoms with van der Waals surface area (Å²) in [6.45, 7) is -0.249. The normalized spacial score (nSPS) is 10.2. The van der Waals surface area contributed by atoms with Crippen LogP contribution in [0.2, 0.25) is 0 Å². The first-order chi connectivity index (χ1) is 5.66. The van der Waals surface area contributed by atoms with E-state index in [1.54, 1.807) is 0 Å². The van der Waals surface area contributed by atoms with Crippen LogP contribution in [0, 0.1) is 11.6 Å². The molecule has 0 saturated heterocycles. The van der Waals surface area contributed by atoms with E-state index in [4.69, 9.17) is 10.2 Å². The zero-order valence-corrected chi connectivity index (χ0v) is 6.22. The molecule has 0 aromatic heterocycles. The number of aliphatic hydroxyl groups is 1. The van der Waals surface area contributed by atoms with Gasteiger partial charge < -0.3 is 10.2 Å². The van der Waals surface area contributed by atoms with Crippen molar-refractivity contribution < 1.29 is 19.0 Å². The molecular formula is C8H8F2O2. The van der Waals surface area contributed by atoms with Crippen LogP contribution in [-0.4, -0.2) is 16.8 Å². The third-order valence-corrected chi connectivity index (χ3v) is 1.52. The van der Waals surface area contributed by atoms with E-state index in [0.29, 0.717) is 0 Å². The van der Waals surface area contributed by atoms with Crippen LogP contribution in [0.4, 0.5) is 8.78 Å². The van der Waals surface area contributed by atoms with Gasteiger partial charge in [0.2, 0.25) is 5.82 Å². The average Bonchev–Trinajstić information content (AvgIpc) is 2.07. The number of aromatic hydroxyl groups is 1. The Kier molecular flexibility index (Phi) is 2.60. The molecule has 0 heterocycles. The molecule has 1 rings (SSSR count). The van der Waals surface area contributed by atoms with E-state index in [0.717, 1.165) is 6.07 Å². The summed E-state index contributed by atoms with van der Waals surface area (Å²) in [7, 11) is 0. The number of hydrogen-bond acceptors (Lipinski definition) is 2. The Morgan fingerprint density at radius 1 is 1.17 bits per heavy atom. The molecule has 0 aliphatic carbocycles. The predicted molar refractivity (Wildman–Crippen MR) is 38.8 cm³/mol. The molecule has 0 aliphatic rings. The van der Waals surface area contributed by atoms with Gasteiger partial charge in [-0.2, -0.15) is 4.39 Å². The molecule has 0 atom stereocenters. The minimum atomic E-state index is -1.26. The summed E-state index contributed by atoms with van der Waals surface area (Å²) in [5, 5.41) is 17.2. The number of aliphatic hydroxyl groups excluding tert-OH is 1. The van der Waals surface area contributed by atoms with Crippen molar-refractivity contribution in [1.29, 1.82) is 0 Å². The maximum atomic E-state index is 12.8. The Hall–Kier alpha value is -1.16. The Morgan fingerprint density at radius 3 is 2.42 bits per heavy atom. The fourth-order valence-corrected chi connectivity index (χ4v) is 0.893. The summed E-state index contributed by atoms with van der Waals surface area (Å²) in [5.41, 5.74) is 0.0628. The number of halogens is 2. The minimum Gasteiger partial charge on any atom is -0.505 e. The molecule has 0 amide bonds. The van der Waals surface area contributed by atoms with E-state index in [2.05, 4.69) is 0 Å². The van der Waals surface area contributed by atoms with Gasteiger partial charge in [0.05, 0.1) is 0 Å². The monoisotopic (exact) mass is 174 g/mol. The van der Waals surface area contributed by atoms with Crippen LogP contribution >= 0.6 is 0 Å². The Balaban J connectivity index is 3.08. The molecule has 12 heavy (non-hydrogen) atoms. The van der Waals surface area contributed by atoms with Crippen LogP contribution in [0.3, 0.4) is 0 Å². The molecule has 0 spiro atoms. The second kappa shape index (κ2) is 3.49. The van der Waals surface area contributed by atoms with Gasteiger partial charge in [-0.25, -0.2) is 4.39 Å². The fourth-order valence-electron chi connectivity index (χ4n) is 0.893. The Labute approximate surface area is 68.1 Å². The quantitative estimate of drug-likeness (QED) is 0.707. The first-order valence-corrected chi connectivity index (χ1v) is 3.43. The maximum absolute atomic E-state index is 12.8. The molecule has 0 aliphatic heterocycles. The van der Waals surface area contributed by atoms with E-state index in [9.17, 15) is 8.78 Å². The van der Waals surface area contributed by atoms with Crippen molar-refractivity contribution in [2.45, 2.75) is 6.42 Å². The predicted octanol–water partition coefficient (Wildman–Crippen LogP) is 1.21. The second-order valence-electron chi connectivity index (χ2n) is 2.35. The van der Waals surface area contributed by atoms with E-state index < -0.39 is 17.4 Å². The van der Waals surface area contributed by atoms with Crippen LogP contribution in [0.1, 0.15) is 5.56 Å². The van der Waals surface area contributed by atoms with Gasteiger partial charge in [-0.3, -0.25) is 0 Å². The third kappa shape index (κ3) is 1.53. The van der Waals surface area contributed by atoms with Crippen molar-refractivity contribution in [3.8, 4) is 5.75 Å². The molecule has 0 bridgehead atoms. The largest absolute Gasteiger partial charge is 0.505 e. The summed E-state index contributed by atoms with van der Waals surface area (Å²) >= 11 is 0. The molecule has 0 fully saturated rings. The first kappa shape index (κ1) is 8.93. The molecule has 2 nitrogen and oxygen atoms in total.